The van der Waals surface area contributed by atoms with Gasteiger partial charge in [-0.2, -0.15) is 0 Å². The van der Waals surface area contributed by atoms with Crippen LogP contribution in [0.2, 0.25) is 0 Å². The minimum atomic E-state index is -0.426. The van der Waals surface area contributed by atoms with Crippen LogP contribution >= 0.6 is 0 Å². The van der Waals surface area contributed by atoms with E-state index in [2.05, 4.69) is 0 Å². The molecule has 1 fully saturated rings. The lowest BCUT2D eigenvalue weighted by Crippen LogP contribution is -2.23. The smallest absolute Gasteiger partial charge is 0.157 e. The fourth-order valence-corrected chi connectivity index (χ4v) is 2.35. The van der Waals surface area contributed by atoms with Crippen LogP contribution < -0.4 is 0 Å². The average Bonchev–Trinajstić information content (AvgIpc) is 2.54. The van der Waals surface area contributed by atoms with Crippen molar-refractivity contribution in [2.45, 2.75) is 51.1 Å². The molecule has 0 bridgehead atoms. The highest BCUT2D eigenvalue weighted by molar-refractivity contribution is 5.13. The van der Waals surface area contributed by atoms with Crippen LogP contribution in [0.5, 0.6) is 0 Å². The molecule has 1 aromatic rings. The molecule has 0 radical (unpaired) electrons. The number of aliphatic hydroxyl groups is 1. The second-order valence-electron chi connectivity index (χ2n) is 5.46. The molecule has 1 heterocycles. The molecule has 2 atom stereocenters. The molecule has 1 aliphatic heterocycles. The summed E-state index contributed by atoms with van der Waals surface area (Å²) in [6.07, 6.45) is 4.37. The van der Waals surface area contributed by atoms with Crippen LogP contribution in [0.1, 0.15) is 37.7 Å². The van der Waals surface area contributed by atoms with Crippen molar-refractivity contribution in [3.05, 3.63) is 35.9 Å². The second-order valence-corrected chi connectivity index (χ2v) is 5.46. The molecule has 0 aliphatic carbocycles. The summed E-state index contributed by atoms with van der Waals surface area (Å²) in [5.74, 6) is 0. The Kier molecular flexibility index (Phi) is 7.75. The van der Waals surface area contributed by atoms with Crippen LogP contribution in [0.4, 0.5) is 0 Å². The molecule has 0 aromatic heterocycles. The summed E-state index contributed by atoms with van der Waals surface area (Å²) in [6.45, 7) is 2.36. The minimum absolute atomic E-state index is 0.0368. The van der Waals surface area contributed by atoms with Gasteiger partial charge in [0.1, 0.15) is 0 Å². The average molecular weight is 294 g/mol. The van der Waals surface area contributed by atoms with E-state index in [1.165, 1.54) is 6.42 Å². The summed E-state index contributed by atoms with van der Waals surface area (Å²) in [7, 11) is 0. The van der Waals surface area contributed by atoms with Gasteiger partial charge in [-0.05, 0) is 37.7 Å². The van der Waals surface area contributed by atoms with Crippen LogP contribution in [0.3, 0.4) is 0 Å². The molecule has 0 amide bonds. The molecule has 118 valence electrons. The Balaban J connectivity index is 1.46. The van der Waals surface area contributed by atoms with Crippen molar-refractivity contribution < 1.29 is 19.3 Å². The first-order valence-electron chi connectivity index (χ1n) is 7.87. The number of hydrogen-bond donors (Lipinski definition) is 1. The summed E-state index contributed by atoms with van der Waals surface area (Å²) >= 11 is 0. The first-order valence-corrected chi connectivity index (χ1v) is 7.87. The third-order valence-electron chi connectivity index (χ3n) is 3.55. The van der Waals surface area contributed by atoms with Gasteiger partial charge in [0.15, 0.2) is 6.29 Å². The van der Waals surface area contributed by atoms with Crippen LogP contribution in [-0.4, -0.2) is 37.3 Å². The predicted octanol–water partition coefficient (Wildman–Crippen LogP) is 2.89. The topological polar surface area (TPSA) is 47.9 Å². The molecule has 0 spiro atoms. The lowest BCUT2D eigenvalue weighted by atomic mass is 10.2. The van der Waals surface area contributed by atoms with E-state index in [0.29, 0.717) is 26.2 Å². The van der Waals surface area contributed by atoms with Crippen molar-refractivity contribution in [3.63, 3.8) is 0 Å². The fourth-order valence-electron chi connectivity index (χ4n) is 2.35. The molecule has 4 nitrogen and oxygen atoms in total. The highest BCUT2D eigenvalue weighted by Gasteiger charge is 2.13. The first-order chi connectivity index (χ1) is 10.3. The van der Waals surface area contributed by atoms with E-state index < -0.39 is 6.10 Å². The Bertz CT molecular complexity index is 362. The maximum atomic E-state index is 9.85. The molecule has 4 heteroatoms. The van der Waals surface area contributed by atoms with Gasteiger partial charge in [0, 0.05) is 13.2 Å². The van der Waals surface area contributed by atoms with Gasteiger partial charge < -0.3 is 19.3 Å². The molecule has 0 saturated carbocycles. The van der Waals surface area contributed by atoms with Gasteiger partial charge >= 0.3 is 0 Å². The number of benzene rings is 1. The highest BCUT2D eigenvalue weighted by Crippen LogP contribution is 2.14. The van der Waals surface area contributed by atoms with E-state index in [1.54, 1.807) is 0 Å². The Hall–Kier alpha value is -0.940. The molecule has 2 rings (SSSR count). The molecule has 1 N–H and O–H groups in total. The summed E-state index contributed by atoms with van der Waals surface area (Å²) in [5, 5.41) is 9.85. The molecular formula is C17H26O4. The van der Waals surface area contributed by atoms with E-state index in [1.807, 2.05) is 30.3 Å². The number of rotatable bonds is 9. The molecule has 1 aromatic carbocycles. The molecule has 21 heavy (non-hydrogen) atoms. The Morgan fingerprint density at radius 2 is 2.10 bits per heavy atom. The van der Waals surface area contributed by atoms with Gasteiger partial charge in [0.25, 0.3) is 0 Å². The quantitative estimate of drug-likeness (QED) is 0.711. The Morgan fingerprint density at radius 3 is 2.86 bits per heavy atom. The number of aliphatic hydroxyl groups excluding tert-OH is 1. The largest absolute Gasteiger partial charge is 0.391 e. The molecule has 1 unspecified atom stereocenters. The van der Waals surface area contributed by atoms with E-state index in [-0.39, 0.29) is 6.29 Å². The van der Waals surface area contributed by atoms with Gasteiger partial charge in [0.05, 0.1) is 19.3 Å². The van der Waals surface area contributed by atoms with E-state index in [4.69, 9.17) is 14.2 Å². The fraction of sp³-hybridized carbons (Fsp3) is 0.647. The van der Waals surface area contributed by atoms with Gasteiger partial charge in [-0.25, -0.2) is 0 Å². The highest BCUT2D eigenvalue weighted by atomic mass is 16.7. The second kappa shape index (κ2) is 9.90. The van der Waals surface area contributed by atoms with Crippen molar-refractivity contribution in [2.75, 3.05) is 19.8 Å². The van der Waals surface area contributed by atoms with Crippen LogP contribution in [0, 0.1) is 0 Å². The lowest BCUT2D eigenvalue weighted by molar-refractivity contribution is -0.163. The van der Waals surface area contributed by atoms with Gasteiger partial charge in [0.2, 0.25) is 0 Å². The zero-order valence-corrected chi connectivity index (χ0v) is 12.6. The summed E-state index contributed by atoms with van der Waals surface area (Å²) in [5.41, 5.74) is 1.13. The van der Waals surface area contributed by atoms with Crippen LogP contribution in [0.25, 0.3) is 0 Å². The van der Waals surface area contributed by atoms with E-state index in [0.717, 1.165) is 31.4 Å². The summed E-state index contributed by atoms with van der Waals surface area (Å²) < 4.78 is 16.6. The maximum Gasteiger partial charge on any atom is 0.157 e. The Morgan fingerprint density at radius 1 is 1.24 bits per heavy atom. The van der Waals surface area contributed by atoms with Gasteiger partial charge in [-0.3, -0.25) is 0 Å². The predicted molar refractivity (Wildman–Crippen MR) is 80.9 cm³/mol. The van der Waals surface area contributed by atoms with Crippen molar-refractivity contribution in [2.24, 2.45) is 0 Å². The van der Waals surface area contributed by atoms with E-state index in [9.17, 15) is 5.11 Å². The SMILES string of the molecule is O[C@H](CCCOC1CCCCO1)COCc1ccccc1. The van der Waals surface area contributed by atoms with Crippen molar-refractivity contribution in [3.8, 4) is 0 Å². The first kappa shape index (κ1) is 16.4. The number of hydrogen-bond acceptors (Lipinski definition) is 4. The van der Waals surface area contributed by atoms with Crippen molar-refractivity contribution in [1.29, 1.82) is 0 Å². The maximum absolute atomic E-state index is 9.85. The molecule has 1 saturated heterocycles. The Labute approximate surface area is 127 Å². The minimum Gasteiger partial charge on any atom is -0.391 e. The normalized spacial score (nSPS) is 20.3. The molecule has 1 aliphatic rings. The third-order valence-corrected chi connectivity index (χ3v) is 3.55. The standard InChI is InChI=1S/C17H26O4/c18-16(14-19-13-15-7-2-1-3-8-15)9-6-12-21-17-10-4-5-11-20-17/h1-3,7-8,16-18H,4-6,9-14H2/t16-,17?/m1/s1. The van der Waals surface area contributed by atoms with Crippen molar-refractivity contribution in [1.82, 2.24) is 0 Å². The third kappa shape index (κ3) is 7.05. The van der Waals surface area contributed by atoms with Crippen molar-refractivity contribution >= 4 is 0 Å². The van der Waals surface area contributed by atoms with Crippen LogP contribution in [0.15, 0.2) is 30.3 Å². The monoisotopic (exact) mass is 294 g/mol. The zero-order chi connectivity index (χ0) is 14.8. The van der Waals surface area contributed by atoms with Crippen LogP contribution in [-0.2, 0) is 20.8 Å². The zero-order valence-electron chi connectivity index (χ0n) is 12.6. The van der Waals surface area contributed by atoms with E-state index >= 15 is 0 Å². The number of ether oxygens (including phenoxy) is 3. The summed E-state index contributed by atoms with van der Waals surface area (Å²) in [6, 6.07) is 9.99. The lowest BCUT2D eigenvalue weighted by Gasteiger charge is -2.22. The summed E-state index contributed by atoms with van der Waals surface area (Å²) in [4.78, 5) is 0. The van der Waals surface area contributed by atoms with Gasteiger partial charge in [-0.15, -0.1) is 0 Å². The molecular weight excluding hydrogens is 268 g/mol. The van der Waals surface area contributed by atoms with Gasteiger partial charge in [-0.1, -0.05) is 30.3 Å².